The number of aliphatic hydroxyl groups is 1. The Morgan fingerprint density at radius 2 is 1.42 bits per heavy atom. The Morgan fingerprint density at radius 3 is 1.97 bits per heavy atom. The molecule has 6 nitrogen and oxygen atoms in total. The van der Waals surface area contributed by atoms with Crippen LogP contribution in [0.3, 0.4) is 0 Å². The summed E-state index contributed by atoms with van der Waals surface area (Å²) in [6.07, 6.45) is 0.00704. The topological polar surface area (TPSA) is 107 Å². The number of aliphatic hydroxyl groups excluding tert-OH is 1. The summed E-state index contributed by atoms with van der Waals surface area (Å²) in [6.45, 7) is 0.999. The van der Waals surface area contributed by atoms with E-state index < -0.39 is 21.9 Å². The van der Waals surface area contributed by atoms with Crippen molar-refractivity contribution in [1.82, 2.24) is 5.32 Å². The first kappa shape index (κ1) is 30.1. The quantitative estimate of drug-likeness (QED) is 0.223. The molecule has 0 aromatic heterocycles. The van der Waals surface area contributed by atoms with Gasteiger partial charge in [-0.2, -0.15) is 0 Å². The molecule has 4 aromatic carbocycles. The standard InChI is InChI=1S/C29H26ClNO5S.Na/c30-25-3-1-2-24(18-25)28(32)19-31-17-16-20-4-12-26(13-5-20)37(35,36)27-14-10-22(11-15-27)21-6-8-23(9-7-21)29(33)34;/h1-15,18,28,31-32H,16-17,19H2,(H,33,34);/q;+1/p-1/t28-;/m0./s1. The Balaban J connectivity index is 0.00000400. The van der Waals surface area contributed by atoms with Crippen LogP contribution in [0.1, 0.15) is 27.6 Å². The number of halogens is 1. The smallest absolute Gasteiger partial charge is 0.545 e. The average molecular weight is 558 g/mol. The van der Waals surface area contributed by atoms with Crippen LogP contribution in [0.4, 0.5) is 0 Å². The van der Waals surface area contributed by atoms with Gasteiger partial charge in [0.25, 0.3) is 0 Å². The van der Waals surface area contributed by atoms with E-state index in [2.05, 4.69) is 5.32 Å². The van der Waals surface area contributed by atoms with Gasteiger partial charge in [0.15, 0.2) is 0 Å². The Morgan fingerprint density at radius 1 is 0.868 bits per heavy atom. The first-order valence-corrected chi connectivity index (χ1v) is 13.5. The van der Waals surface area contributed by atoms with Crippen molar-refractivity contribution >= 4 is 27.4 Å². The minimum atomic E-state index is -3.69. The summed E-state index contributed by atoms with van der Waals surface area (Å²) in [5.74, 6) is -1.25. The van der Waals surface area contributed by atoms with Gasteiger partial charge in [0.05, 0.1) is 21.9 Å². The fourth-order valence-electron chi connectivity index (χ4n) is 3.90. The molecule has 0 saturated heterocycles. The van der Waals surface area contributed by atoms with E-state index in [0.717, 1.165) is 22.3 Å². The first-order valence-electron chi connectivity index (χ1n) is 11.6. The SMILES string of the molecule is O=C([O-])c1ccc(-c2ccc(S(=O)(=O)c3ccc(CCNC[C@H](O)c4cccc(Cl)c4)cc3)cc2)cc1.[Na+]. The van der Waals surface area contributed by atoms with Crippen molar-refractivity contribution in [3.8, 4) is 11.1 Å². The van der Waals surface area contributed by atoms with Crippen molar-refractivity contribution in [2.45, 2.75) is 22.3 Å². The van der Waals surface area contributed by atoms with Gasteiger partial charge in [-0.1, -0.05) is 72.3 Å². The van der Waals surface area contributed by atoms with Crippen molar-refractivity contribution in [1.29, 1.82) is 0 Å². The second kappa shape index (κ2) is 13.5. The maximum atomic E-state index is 13.1. The molecule has 4 rings (SSSR count). The van der Waals surface area contributed by atoms with Crippen LogP contribution < -0.4 is 40.0 Å². The Labute approximate surface area is 249 Å². The van der Waals surface area contributed by atoms with Crippen LogP contribution in [-0.4, -0.2) is 32.6 Å². The van der Waals surface area contributed by atoms with Gasteiger partial charge in [-0.15, -0.1) is 0 Å². The number of carbonyl (C=O) groups excluding carboxylic acids is 1. The molecule has 0 saturated carbocycles. The number of nitrogens with one attached hydrogen (secondary N) is 1. The molecule has 0 spiro atoms. The predicted octanol–water partition coefficient (Wildman–Crippen LogP) is 1.07. The maximum absolute atomic E-state index is 13.1. The summed E-state index contributed by atoms with van der Waals surface area (Å²) in [7, 11) is -3.69. The number of rotatable bonds is 10. The van der Waals surface area contributed by atoms with Crippen LogP contribution in [0, 0.1) is 0 Å². The fourth-order valence-corrected chi connectivity index (χ4v) is 5.36. The van der Waals surface area contributed by atoms with Crippen LogP contribution >= 0.6 is 11.6 Å². The Hall–Kier alpha value is -2.49. The van der Waals surface area contributed by atoms with Crippen LogP contribution in [-0.2, 0) is 16.3 Å². The number of carboxylic acid groups (broad SMARTS) is 1. The number of benzene rings is 4. The van der Waals surface area contributed by atoms with Gasteiger partial charge >= 0.3 is 29.6 Å². The molecule has 9 heteroatoms. The first-order chi connectivity index (χ1) is 17.7. The van der Waals surface area contributed by atoms with Crippen LogP contribution in [0.15, 0.2) is 107 Å². The van der Waals surface area contributed by atoms with Gasteiger partial charge < -0.3 is 20.3 Å². The van der Waals surface area contributed by atoms with E-state index in [1.165, 1.54) is 12.1 Å². The molecule has 0 aliphatic heterocycles. The summed E-state index contributed by atoms with van der Waals surface area (Å²) in [4.78, 5) is 11.3. The van der Waals surface area contributed by atoms with Gasteiger partial charge in [0, 0.05) is 11.6 Å². The third-order valence-electron chi connectivity index (χ3n) is 6.01. The van der Waals surface area contributed by atoms with E-state index in [0.29, 0.717) is 24.5 Å². The molecule has 190 valence electrons. The van der Waals surface area contributed by atoms with E-state index in [-0.39, 0.29) is 44.9 Å². The third kappa shape index (κ3) is 7.55. The number of hydrogen-bond acceptors (Lipinski definition) is 6. The molecular formula is C29H25ClNNaO5S. The monoisotopic (exact) mass is 557 g/mol. The zero-order valence-electron chi connectivity index (χ0n) is 20.8. The van der Waals surface area contributed by atoms with Crippen molar-refractivity contribution < 1.29 is 53.0 Å². The van der Waals surface area contributed by atoms with E-state index in [9.17, 15) is 23.4 Å². The molecule has 0 fully saturated rings. The summed E-state index contributed by atoms with van der Waals surface area (Å²) in [5.41, 5.74) is 3.34. The van der Waals surface area contributed by atoms with E-state index in [1.807, 2.05) is 6.07 Å². The van der Waals surface area contributed by atoms with Crippen LogP contribution in [0.2, 0.25) is 5.02 Å². The zero-order valence-corrected chi connectivity index (χ0v) is 24.4. The molecule has 38 heavy (non-hydrogen) atoms. The second-order valence-corrected chi connectivity index (χ2v) is 10.9. The number of sulfone groups is 1. The average Bonchev–Trinajstić information content (AvgIpc) is 2.91. The molecule has 0 radical (unpaired) electrons. The molecule has 4 aromatic rings. The maximum Gasteiger partial charge on any atom is 1.00 e. The summed E-state index contributed by atoms with van der Waals surface area (Å²) >= 11 is 5.97. The van der Waals surface area contributed by atoms with Crippen molar-refractivity contribution in [3.05, 3.63) is 119 Å². The summed E-state index contributed by atoms with van der Waals surface area (Å²) in [6, 6.07) is 26.6. The normalized spacial score (nSPS) is 11.9. The van der Waals surface area contributed by atoms with Gasteiger partial charge in [0.2, 0.25) is 9.84 Å². The largest absolute Gasteiger partial charge is 1.00 e. The summed E-state index contributed by atoms with van der Waals surface area (Å²) < 4.78 is 26.2. The van der Waals surface area contributed by atoms with Crippen LogP contribution in [0.5, 0.6) is 0 Å². The van der Waals surface area contributed by atoms with E-state index in [1.54, 1.807) is 78.9 Å². The van der Waals surface area contributed by atoms with Crippen molar-refractivity contribution in [2.75, 3.05) is 13.1 Å². The molecular weight excluding hydrogens is 533 g/mol. The van der Waals surface area contributed by atoms with Gasteiger partial charge in [0.1, 0.15) is 0 Å². The fraction of sp³-hybridized carbons (Fsp3) is 0.138. The van der Waals surface area contributed by atoms with Crippen LogP contribution in [0.25, 0.3) is 11.1 Å². The molecule has 1 atom stereocenters. The molecule has 0 amide bonds. The Kier molecular flexibility index (Phi) is 10.7. The number of carbonyl (C=O) groups is 1. The molecule has 0 bridgehead atoms. The molecule has 2 N–H and O–H groups in total. The Bertz CT molecular complexity index is 1480. The molecule has 0 heterocycles. The minimum Gasteiger partial charge on any atom is -0.545 e. The van der Waals surface area contributed by atoms with Crippen molar-refractivity contribution in [3.63, 3.8) is 0 Å². The van der Waals surface area contributed by atoms with Gasteiger partial charge in [-0.25, -0.2) is 8.42 Å². The second-order valence-electron chi connectivity index (χ2n) is 8.56. The molecule has 0 unspecified atom stereocenters. The zero-order chi connectivity index (χ0) is 26.4. The van der Waals surface area contributed by atoms with Gasteiger partial charge in [-0.3, -0.25) is 0 Å². The number of hydrogen-bond donors (Lipinski definition) is 2. The number of carboxylic acids is 1. The molecule has 0 aliphatic carbocycles. The van der Waals surface area contributed by atoms with E-state index >= 15 is 0 Å². The number of aromatic carboxylic acids is 1. The van der Waals surface area contributed by atoms with E-state index in [4.69, 9.17) is 11.6 Å². The molecule has 0 aliphatic rings. The van der Waals surface area contributed by atoms with Gasteiger partial charge in [-0.05, 0) is 77.2 Å². The van der Waals surface area contributed by atoms with Crippen molar-refractivity contribution in [2.24, 2.45) is 0 Å². The minimum absolute atomic E-state index is 0. The third-order valence-corrected chi connectivity index (χ3v) is 8.03. The summed E-state index contributed by atoms with van der Waals surface area (Å²) in [5, 5.41) is 25.0. The predicted molar refractivity (Wildman–Crippen MR) is 141 cm³/mol.